The van der Waals surface area contributed by atoms with E-state index in [0.717, 1.165) is 18.7 Å². The van der Waals surface area contributed by atoms with Crippen LogP contribution in [-0.4, -0.2) is 22.7 Å². The van der Waals surface area contributed by atoms with Gasteiger partial charge in [0.05, 0.1) is 6.61 Å². The Balaban J connectivity index is 2.29. The van der Waals surface area contributed by atoms with Gasteiger partial charge in [0.1, 0.15) is 5.41 Å². The number of rotatable bonds is 6. The quantitative estimate of drug-likeness (QED) is 0.728. The number of carbonyl (C=O) groups excluding carboxylic acids is 1. The van der Waals surface area contributed by atoms with Gasteiger partial charge in [-0.05, 0) is 32.6 Å². The number of esters is 1. The van der Waals surface area contributed by atoms with Crippen molar-refractivity contribution in [3.05, 3.63) is 11.7 Å². The Morgan fingerprint density at radius 2 is 2.06 bits per heavy atom. The molecule has 1 fully saturated rings. The average molecular weight is 252 g/mol. The third kappa shape index (κ3) is 2.13. The average Bonchev–Trinajstić information content (AvgIpc) is 3.11. The zero-order valence-electron chi connectivity index (χ0n) is 11.2. The molecule has 0 radical (unpaired) electrons. The molecule has 2 rings (SSSR count). The minimum Gasteiger partial charge on any atom is -0.465 e. The molecule has 18 heavy (non-hydrogen) atoms. The number of carbonyl (C=O) groups is 1. The molecule has 5 nitrogen and oxygen atoms in total. The molecule has 0 aliphatic heterocycles. The first-order valence-corrected chi connectivity index (χ1v) is 6.69. The smallest absolute Gasteiger partial charge is 0.321 e. The van der Waals surface area contributed by atoms with E-state index in [1.807, 2.05) is 13.8 Å². The van der Waals surface area contributed by atoms with Crippen LogP contribution in [0.2, 0.25) is 0 Å². The van der Waals surface area contributed by atoms with Gasteiger partial charge in [-0.1, -0.05) is 19.0 Å². The van der Waals surface area contributed by atoms with Gasteiger partial charge < -0.3 is 9.26 Å². The van der Waals surface area contributed by atoms with Crippen LogP contribution in [0.5, 0.6) is 0 Å². The van der Waals surface area contributed by atoms with Crippen LogP contribution in [0, 0.1) is 0 Å². The summed E-state index contributed by atoms with van der Waals surface area (Å²) in [6.45, 7) is 6.06. The Morgan fingerprint density at radius 1 is 1.39 bits per heavy atom. The molecule has 0 amide bonds. The van der Waals surface area contributed by atoms with Gasteiger partial charge in [-0.2, -0.15) is 4.98 Å². The fourth-order valence-electron chi connectivity index (χ4n) is 2.13. The maximum Gasteiger partial charge on any atom is 0.321 e. The second-order valence-corrected chi connectivity index (χ2v) is 4.74. The Morgan fingerprint density at radius 3 is 2.56 bits per heavy atom. The van der Waals surface area contributed by atoms with E-state index >= 15 is 0 Å². The van der Waals surface area contributed by atoms with Crippen LogP contribution in [-0.2, 0) is 14.9 Å². The van der Waals surface area contributed by atoms with Gasteiger partial charge in [0.15, 0.2) is 5.82 Å². The van der Waals surface area contributed by atoms with Crippen molar-refractivity contribution in [2.24, 2.45) is 0 Å². The van der Waals surface area contributed by atoms with Gasteiger partial charge in [0.2, 0.25) is 5.89 Å². The summed E-state index contributed by atoms with van der Waals surface area (Å²) in [5.41, 5.74) is -0.782. The van der Waals surface area contributed by atoms with Crippen molar-refractivity contribution < 1.29 is 14.1 Å². The Bertz CT molecular complexity index is 420. The minimum atomic E-state index is -0.782. The zero-order valence-corrected chi connectivity index (χ0v) is 11.2. The fourth-order valence-corrected chi connectivity index (χ4v) is 2.13. The lowest BCUT2D eigenvalue weighted by molar-refractivity contribution is -0.151. The molecule has 0 bridgehead atoms. The summed E-state index contributed by atoms with van der Waals surface area (Å²) in [6.07, 6.45) is 3.44. The van der Waals surface area contributed by atoms with E-state index in [1.165, 1.54) is 0 Å². The highest BCUT2D eigenvalue weighted by Crippen LogP contribution is 2.40. The molecule has 0 unspecified atom stereocenters. The van der Waals surface area contributed by atoms with Gasteiger partial charge in [-0.25, -0.2) is 0 Å². The van der Waals surface area contributed by atoms with Crippen LogP contribution in [0.25, 0.3) is 0 Å². The van der Waals surface area contributed by atoms with E-state index < -0.39 is 5.41 Å². The molecular weight excluding hydrogens is 232 g/mol. The summed E-state index contributed by atoms with van der Waals surface area (Å²) in [4.78, 5) is 16.6. The maximum atomic E-state index is 12.2. The number of aromatic nitrogens is 2. The number of nitrogens with zero attached hydrogens (tertiary/aromatic N) is 2. The summed E-state index contributed by atoms with van der Waals surface area (Å²) in [5, 5.41) is 3.99. The van der Waals surface area contributed by atoms with E-state index in [4.69, 9.17) is 9.26 Å². The summed E-state index contributed by atoms with van der Waals surface area (Å²) < 4.78 is 10.5. The third-order valence-electron chi connectivity index (χ3n) is 3.67. The third-order valence-corrected chi connectivity index (χ3v) is 3.67. The fraction of sp³-hybridized carbons (Fsp3) is 0.769. The van der Waals surface area contributed by atoms with E-state index in [9.17, 15) is 4.79 Å². The first-order valence-electron chi connectivity index (χ1n) is 6.69. The molecule has 1 aliphatic carbocycles. The molecule has 1 aliphatic rings. The highest BCUT2D eigenvalue weighted by atomic mass is 16.5. The topological polar surface area (TPSA) is 65.2 Å². The highest BCUT2D eigenvalue weighted by molar-refractivity contribution is 5.81. The zero-order chi connectivity index (χ0) is 13.2. The molecule has 0 aromatic carbocycles. The predicted octanol–water partition coefficient (Wildman–Crippen LogP) is 2.57. The van der Waals surface area contributed by atoms with Crippen molar-refractivity contribution in [2.75, 3.05) is 6.61 Å². The largest absolute Gasteiger partial charge is 0.465 e. The molecule has 1 aromatic rings. The van der Waals surface area contributed by atoms with Crippen molar-refractivity contribution in [2.45, 2.75) is 57.8 Å². The van der Waals surface area contributed by atoms with Crippen LogP contribution in [0.1, 0.15) is 64.1 Å². The van der Waals surface area contributed by atoms with Crippen LogP contribution in [0.3, 0.4) is 0 Å². The minimum absolute atomic E-state index is 0.263. The van der Waals surface area contributed by atoms with E-state index in [2.05, 4.69) is 10.1 Å². The van der Waals surface area contributed by atoms with Crippen molar-refractivity contribution in [1.29, 1.82) is 0 Å². The first kappa shape index (κ1) is 13.1. The van der Waals surface area contributed by atoms with Crippen LogP contribution >= 0.6 is 0 Å². The lowest BCUT2D eigenvalue weighted by Crippen LogP contribution is -2.36. The summed E-state index contributed by atoms with van der Waals surface area (Å²) in [5.74, 6) is 1.31. The van der Waals surface area contributed by atoms with Gasteiger partial charge in [0.25, 0.3) is 0 Å². The lowest BCUT2D eigenvalue weighted by Gasteiger charge is -2.24. The monoisotopic (exact) mass is 252 g/mol. The molecule has 100 valence electrons. The van der Waals surface area contributed by atoms with Crippen molar-refractivity contribution in [3.8, 4) is 0 Å². The van der Waals surface area contributed by atoms with Crippen molar-refractivity contribution >= 4 is 5.97 Å². The number of hydrogen-bond donors (Lipinski definition) is 0. The number of ether oxygens (including phenoxy) is 1. The molecule has 0 spiro atoms. The normalized spacial score (nSPS) is 15.7. The predicted molar refractivity (Wildman–Crippen MR) is 65.2 cm³/mol. The molecular formula is C13H20N2O3. The molecule has 0 saturated heterocycles. The van der Waals surface area contributed by atoms with E-state index in [1.54, 1.807) is 6.92 Å². The highest BCUT2D eigenvalue weighted by Gasteiger charge is 2.44. The van der Waals surface area contributed by atoms with Gasteiger partial charge in [0, 0.05) is 5.92 Å². The van der Waals surface area contributed by atoms with E-state index in [-0.39, 0.29) is 5.97 Å². The van der Waals surface area contributed by atoms with Crippen molar-refractivity contribution in [3.63, 3.8) is 0 Å². The van der Waals surface area contributed by atoms with Gasteiger partial charge >= 0.3 is 5.97 Å². The molecule has 1 aromatic heterocycles. The lowest BCUT2D eigenvalue weighted by atomic mass is 9.82. The SMILES string of the molecule is CCOC(=O)C(CC)(CC)c1nc(C2CC2)no1. The Kier molecular flexibility index (Phi) is 3.68. The van der Waals surface area contributed by atoms with Gasteiger partial charge in [-0.3, -0.25) is 4.79 Å². The van der Waals surface area contributed by atoms with E-state index in [0.29, 0.717) is 31.3 Å². The van der Waals surface area contributed by atoms with Crippen LogP contribution < -0.4 is 0 Å². The van der Waals surface area contributed by atoms with Crippen LogP contribution in [0.15, 0.2) is 4.52 Å². The summed E-state index contributed by atoms with van der Waals surface area (Å²) in [6, 6.07) is 0. The molecule has 1 saturated carbocycles. The molecule has 1 heterocycles. The number of hydrogen-bond acceptors (Lipinski definition) is 5. The maximum absolute atomic E-state index is 12.2. The molecule has 0 N–H and O–H groups in total. The second kappa shape index (κ2) is 5.08. The molecule has 5 heteroatoms. The summed E-state index contributed by atoms with van der Waals surface area (Å²) >= 11 is 0. The van der Waals surface area contributed by atoms with Crippen molar-refractivity contribution in [1.82, 2.24) is 10.1 Å². The molecule has 0 atom stereocenters. The summed E-state index contributed by atoms with van der Waals surface area (Å²) in [7, 11) is 0. The van der Waals surface area contributed by atoms with Crippen LogP contribution in [0.4, 0.5) is 0 Å². The first-order chi connectivity index (χ1) is 8.67. The standard InChI is InChI=1S/C13H20N2O3/c1-4-13(5-2,12(16)17-6-3)11-14-10(15-18-11)9-7-8-9/h9H,4-8H2,1-3H3. The Hall–Kier alpha value is -1.39. The van der Waals surface area contributed by atoms with Gasteiger partial charge in [-0.15, -0.1) is 0 Å². The second-order valence-electron chi connectivity index (χ2n) is 4.74. The Labute approximate surface area is 107 Å².